The molecule has 1 aliphatic rings. The number of nitrogens with zero attached hydrogens (tertiary/aromatic N) is 1. The van der Waals surface area contributed by atoms with Gasteiger partial charge in [0, 0.05) is 23.1 Å². The Kier molecular flexibility index (Phi) is 2.11. The fraction of sp³-hybridized carbons (Fsp3) is 0.308. The van der Waals surface area contributed by atoms with Gasteiger partial charge in [-0.05, 0) is 30.7 Å². The summed E-state index contributed by atoms with van der Waals surface area (Å²) >= 11 is 0. The van der Waals surface area contributed by atoms with Gasteiger partial charge in [-0.2, -0.15) is 0 Å². The first-order chi connectivity index (χ1) is 8.20. The smallest absolute Gasteiger partial charge is 0.312 e. The predicted octanol–water partition coefficient (Wildman–Crippen LogP) is 2.22. The van der Waals surface area contributed by atoms with Crippen LogP contribution in [0.3, 0.4) is 0 Å². The standard InChI is InChI=1S/C13H13NO3/c1-17-9-2-3-11-8(6-9)7-12-10(13(15)16)4-5-14(11)12/h2-3,6-7,10H,4-5H2,1H3,(H,15,16). The molecule has 1 unspecified atom stereocenters. The Morgan fingerprint density at radius 1 is 1.47 bits per heavy atom. The number of fused-ring (bicyclic) bond motifs is 3. The number of methoxy groups -OCH3 is 1. The molecule has 2 aromatic rings. The molecule has 88 valence electrons. The van der Waals surface area contributed by atoms with Crippen molar-refractivity contribution >= 4 is 16.9 Å². The second-order valence-electron chi connectivity index (χ2n) is 4.33. The molecular formula is C13H13NO3. The first kappa shape index (κ1) is 10.2. The van der Waals surface area contributed by atoms with Gasteiger partial charge >= 0.3 is 5.97 Å². The lowest BCUT2D eigenvalue weighted by Crippen LogP contribution is -2.07. The van der Waals surface area contributed by atoms with E-state index >= 15 is 0 Å². The third-order valence-corrected chi connectivity index (χ3v) is 3.44. The highest BCUT2D eigenvalue weighted by Gasteiger charge is 2.30. The number of hydrogen-bond acceptors (Lipinski definition) is 2. The van der Waals surface area contributed by atoms with E-state index in [0.717, 1.165) is 28.9 Å². The van der Waals surface area contributed by atoms with Crippen molar-refractivity contribution in [2.45, 2.75) is 18.9 Å². The monoisotopic (exact) mass is 231 g/mol. The van der Waals surface area contributed by atoms with Crippen molar-refractivity contribution in [3.63, 3.8) is 0 Å². The molecule has 4 nitrogen and oxygen atoms in total. The van der Waals surface area contributed by atoms with Crippen molar-refractivity contribution in [3.05, 3.63) is 30.0 Å². The molecule has 0 spiro atoms. The van der Waals surface area contributed by atoms with Crippen molar-refractivity contribution in [2.24, 2.45) is 0 Å². The fourth-order valence-corrected chi connectivity index (χ4v) is 2.59. The second kappa shape index (κ2) is 3.52. The van der Waals surface area contributed by atoms with E-state index in [1.807, 2.05) is 24.3 Å². The molecule has 0 saturated carbocycles. The van der Waals surface area contributed by atoms with E-state index in [9.17, 15) is 4.79 Å². The minimum absolute atomic E-state index is 0.367. The van der Waals surface area contributed by atoms with Crippen LogP contribution in [0.15, 0.2) is 24.3 Å². The number of aryl methyl sites for hydroxylation is 1. The number of rotatable bonds is 2. The maximum absolute atomic E-state index is 11.1. The summed E-state index contributed by atoms with van der Waals surface area (Å²) in [7, 11) is 1.63. The topological polar surface area (TPSA) is 51.5 Å². The van der Waals surface area contributed by atoms with Crippen LogP contribution in [0.2, 0.25) is 0 Å². The van der Waals surface area contributed by atoms with Gasteiger partial charge < -0.3 is 14.4 Å². The van der Waals surface area contributed by atoms with Gasteiger partial charge in [0.1, 0.15) is 5.75 Å². The van der Waals surface area contributed by atoms with Crippen molar-refractivity contribution in [1.29, 1.82) is 0 Å². The van der Waals surface area contributed by atoms with Crippen LogP contribution in [0.1, 0.15) is 18.0 Å². The zero-order chi connectivity index (χ0) is 12.0. The van der Waals surface area contributed by atoms with Gasteiger partial charge in [0.15, 0.2) is 0 Å². The van der Waals surface area contributed by atoms with Crippen LogP contribution in [0.25, 0.3) is 10.9 Å². The van der Waals surface area contributed by atoms with Gasteiger partial charge in [0.05, 0.1) is 13.0 Å². The normalized spacial score (nSPS) is 18.3. The number of carboxylic acid groups (broad SMARTS) is 1. The van der Waals surface area contributed by atoms with Gasteiger partial charge in [-0.3, -0.25) is 4.79 Å². The van der Waals surface area contributed by atoms with E-state index < -0.39 is 5.97 Å². The number of aliphatic carboxylic acids is 1. The quantitative estimate of drug-likeness (QED) is 0.862. The van der Waals surface area contributed by atoms with Crippen LogP contribution in [-0.2, 0) is 11.3 Å². The maximum atomic E-state index is 11.1. The third-order valence-electron chi connectivity index (χ3n) is 3.44. The van der Waals surface area contributed by atoms with Crippen LogP contribution in [-0.4, -0.2) is 22.8 Å². The Bertz CT molecular complexity index is 600. The van der Waals surface area contributed by atoms with E-state index in [-0.39, 0.29) is 5.92 Å². The summed E-state index contributed by atoms with van der Waals surface area (Å²) in [4.78, 5) is 11.1. The molecule has 1 aliphatic heterocycles. The average Bonchev–Trinajstić information content (AvgIpc) is 2.85. The van der Waals surface area contributed by atoms with E-state index in [0.29, 0.717) is 6.42 Å². The van der Waals surface area contributed by atoms with Crippen molar-refractivity contribution in [3.8, 4) is 5.75 Å². The number of carboxylic acids is 1. The van der Waals surface area contributed by atoms with Gasteiger partial charge in [0.2, 0.25) is 0 Å². The molecule has 0 radical (unpaired) electrons. The number of hydrogen-bond donors (Lipinski definition) is 1. The SMILES string of the molecule is COc1ccc2c(c1)cc1n2CCC1C(=O)O. The fourth-order valence-electron chi connectivity index (χ4n) is 2.59. The minimum atomic E-state index is -0.737. The van der Waals surface area contributed by atoms with Crippen LogP contribution in [0.4, 0.5) is 0 Å². The molecule has 0 aliphatic carbocycles. The Labute approximate surface area is 98.4 Å². The number of benzene rings is 1. The largest absolute Gasteiger partial charge is 0.497 e. The highest BCUT2D eigenvalue weighted by molar-refractivity contribution is 5.86. The summed E-state index contributed by atoms with van der Waals surface area (Å²) in [6.45, 7) is 0.780. The molecule has 3 rings (SSSR count). The Morgan fingerprint density at radius 3 is 3.00 bits per heavy atom. The van der Waals surface area contributed by atoms with E-state index in [2.05, 4.69) is 4.57 Å². The Morgan fingerprint density at radius 2 is 2.29 bits per heavy atom. The molecule has 1 aromatic heterocycles. The zero-order valence-corrected chi connectivity index (χ0v) is 9.51. The molecule has 1 aromatic carbocycles. The molecule has 17 heavy (non-hydrogen) atoms. The maximum Gasteiger partial charge on any atom is 0.312 e. The van der Waals surface area contributed by atoms with Gasteiger partial charge in [-0.1, -0.05) is 0 Å². The first-order valence-electron chi connectivity index (χ1n) is 5.60. The first-order valence-corrected chi connectivity index (χ1v) is 5.60. The molecule has 0 bridgehead atoms. The van der Waals surface area contributed by atoms with E-state index in [4.69, 9.17) is 9.84 Å². The van der Waals surface area contributed by atoms with E-state index in [1.54, 1.807) is 7.11 Å². The molecule has 0 amide bonds. The Balaban J connectivity index is 2.18. The molecular weight excluding hydrogens is 218 g/mol. The highest BCUT2D eigenvalue weighted by Crippen LogP contribution is 2.35. The van der Waals surface area contributed by atoms with Crippen LogP contribution >= 0.6 is 0 Å². The summed E-state index contributed by atoms with van der Waals surface area (Å²) in [5.74, 6) is -0.305. The van der Waals surface area contributed by atoms with Crippen molar-refractivity contribution in [1.82, 2.24) is 4.57 Å². The Hall–Kier alpha value is -1.97. The lowest BCUT2D eigenvalue weighted by atomic mass is 10.0. The van der Waals surface area contributed by atoms with Crippen LogP contribution in [0.5, 0.6) is 5.75 Å². The summed E-state index contributed by atoms with van der Waals surface area (Å²) in [6.07, 6.45) is 0.687. The number of ether oxygens (including phenoxy) is 1. The lowest BCUT2D eigenvalue weighted by Gasteiger charge is -2.02. The van der Waals surface area contributed by atoms with Crippen molar-refractivity contribution in [2.75, 3.05) is 7.11 Å². The molecule has 0 fully saturated rings. The zero-order valence-electron chi connectivity index (χ0n) is 9.51. The van der Waals surface area contributed by atoms with Crippen molar-refractivity contribution < 1.29 is 14.6 Å². The molecule has 1 N–H and O–H groups in total. The predicted molar refractivity (Wildman–Crippen MR) is 63.5 cm³/mol. The van der Waals surface area contributed by atoms with Crippen LogP contribution in [0, 0.1) is 0 Å². The van der Waals surface area contributed by atoms with Gasteiger partial charge in [-0.15, -0.1) is 0 Å². The minimum Gasteiger partial charge on any atom is -0.497 e. The molecule has 2 heterocycles. The second-order valence-corrected chi connectivity index (χ2v) is 4.33. The van der Waals surface area contributed by atoms with Gasteiger partial charge in [-0.25, -0.2) is 0 Å². The third kappa shape index (κ3) is 1.40. The van der Waals surface area contributed by atoms with Crippen LogP contribution < -0.4 is 4.74 Å². The molecule has 1 atom stereocenters. The summed E-state index contributed by atoms with van der Waals surface area (Å²) < 4.78 is 7.26. The summed E-state index contributed by atoms with van der Waals surface area (Å²) in [5, 5.41) is 10.2. The number of carbonyl (C=O) groups is 1. The molecule has 0 saturated heterocycles. The summed E-state index contributed by atoms with van der Waals surface area (Å²) in [5.41, 5.74) is 1.99. The average molecular weight is 231 g/mol. The summed E-state index contributed by atoms with van der Waals surface area (Å²) in [6, 6.07) is 7.80. The van der Waals surface area contributed by atoms with Gasteiger partial charge in [0.25, 0.3) is 0 Å². The number of aromatic nitrogens is 1. The highest BCUT2D eigenvalue weighted by atomic mass is 16.5. The molecule has 4 heteroatoms. The lowest BCUT2D eigenvalue weighted by molar-refractivity contribution is -0.138. The van der Waals surface area contributed by atoms with E-state index in [1.165, 1.54) is 0 Å².